The van der Waals surface area contributed by atoms with Gasteiger partial charge in [0.25, 0.3) is 0 Å². The van der Waals surface area contributed by atoms with Crippen molar-refractivity contribution in [3.05, 3.63) is 56.2 Å². The van der Waals surface area contributed by atoms with Crippen molar-refractivity contribution in [3.63, 3.8) is 0 Å². The first-order valence-electron chi connectivity index (χ1n) is 6.99. The van der Waals surface area contributed by atoms with E-state index < -0.39 is 0 Å². The van der Waals surface area contributed by atoms with Crippen LogP contribution in [0.3, 0.4) is 0 Å². The van der Waals surface area contributed by atoms with Gasteiger partial charge in [-0.15, -0.1) is 0 Å². The van der Waals surface area contributed by atoms with Crippen LogP contribution in [0.5, 0.6) is 0 Å². The van der Waals surface area contributed by atoms with E-state index in [1.165, 1.54) is 34.0 Å². The largest absolute Gasteiger partial charge is 0.326 e. The molecule has 0 aliphatic heterocycles. The van der Waals surface area contributed by atoms with Gasteiger partial charge in [0.05, 0.1) is 0 Å². The molecule has 2 aromatic rings. The summed E-state index contributed by atoms with van der Waals surface area (Å²) in [5.41, 5.74) is 9.64. The van der Waals surface area contributed by atoms with Crippen LogP contribution < -0.4 is 5.73 Å². The highest BCUT2D eigenvalue weighted by molar-refractivity contribution is 9.10. The molecule has 3 rings (SSSR count). The molecular formula is C16H19BrN2S. The minimum Gasteiger partial charge on any atom is -0.326 e. The molecule has 0 atom stereocenters. The Labute approximate surface area is 132 Å². The van der Waals surface area contributed by atoms with E-state index in [0.29, 0.717) is 6.54 Å². The van der Waals surface area contributed by atoms with Crippen molar-refractivity contribution in [1.29, 1.82) is 0 Å². The molecule has 0 saturated heterocycles. The number of nitrogens with zero attached hydrogens (tertiary/aromatic N) is 1. The Kier molecular flexibility index (Phi) is 4.56. The van der Waals surface area contributed by atoms with Crippen LogP contribution in [0.1, 0.15) is 29.5 Å². The lowest BCUT2D eigenvalue weighted by Gasteiger charge is -2.22. The average molecular weight is 351 g/mol. The van der Waals surface area contributed by atoms with Gasteiger partial charge < -0.3 is 5.73 Å². The van der Waals surface area contributed by atoms with Crippen LogP contribution in [-0.4, -0.2) is 10.9 Å². The lowest BCUT2D eigenvalue weighted by Crippen LogP contribution is -2.25. The van der Waals surface area contributed by atoms with Gasteiger partial charge in [0.2, 0.25) is 0 Å². The van der Waals surface area contributed by atoms with Gasteiger partial charge in [-0.25, -0.2) is 0 Å². The third-order valence-electron chi connectivity index (χ3n) is 3.76. The van der Waals surface area contributed by atoms with Crippen LogP contribution in [-0.2, 0) is 19.6 Å². The normalized spacial score (nSPS) is 14.9. The van der Waals surface area contributed by atoms with Crippen LogP contribution in [0.2, 0.25) is 0 Å². The van der Waals surface area contributed by atoms with Gasteiger partial charge in [0, 0.05) is 30.1 Å². The molecule has 0 radical (unpaired) electrons. The van der Waals surface area contributed by atoms with Crippen molar-refractivity contribution in [2.75, 3.05) is 0 Å². The maximum atomic E-state index is 5.69. The summed E-state index contributed by atoms with van der Waals surface area (Å²) in [6.07, 6.45) is 2.67. The smallest absolute Gasteiger partial charge is 0.0251 e. The van der Waals surface area contributed by atoms with Crippen LogP contribution in [0.25, 0.3) is 0 Å². The molecule has 1 fully saturated rings. The quantitative estimate of drug-likeness (QED) is 0.848. The molecule has 2 nitrogen and oxygen atoms in total. The number of hydrogen-bond donors (Lipinski definition) is 1. The predicted molar refractivity (Wildman–Crippen MR) is 88.6 cm³/mol. The Bertz CT molecular complexity index is 564. The van der Waals surface area contributed by atoms with Crippen molar-refractivity contribution >= 4 is 27.3 Å². The van der Waals surface area contributed by atoms with Crippen LogP contribution in [0.15, 0.2) is 39.5 Å². The highest BCUT2D eigenvalue weighted by atomic mass is 79.9. The first kappa shape index (κ1) is 14.3. The number of rotatable bonds is 6. The topological polar surface area (TPSA) is 29.3 Å². The fourth-order valence-corrected chi connectivity index (χ4v) is 3.65. The molecule has 1 aliphatic carbocycles. The summed E-state index contributed by atoms with van der Waals surface area (Å²) in [4.78, 5) is 2.59. The summed E-state index contributed by atoms with van der Waals surface area (Å²) in [6.45, 7) is 2.66. The summed E-state index contributed by atoms with van der Waals surface area (Å²) in [5, 5.41) is 4.41. The molecule has 0 unspecified atom stereocenters. The number of nitrogens with two attached hydrogens (primary N) is 1. The van der Waals surface area contributed by atoms with Gasteiger partial charge in [-0.05, 0) is 52.4 Å². The average Bonchev–Trinajstić information content (AvgIpc) is 3.18. The summed E-state index contributed by atoms with van der Waals surface area (Å²) < 4.78 is 1.18. The molecule has 1 saturated carbocycles. The van der Waals surface area contributed by atoms with Gasteiger partial charge in [-0.2, -0.15) is 11.3 Å². The van der Waals surface area contributed by atoms with Gasteiger partial charge in [-0.1, -0.05) is 28.1 Å². The second kappa shape index (κ2) is 6.39. The minimum absolute atomic E-state index is 0.597. The highest BCUT2D eigenvalue weighted by Crippen LogP contribution is 2.31. The van der Waals surface area contributed by atoms with E-state index in [0.717, 1.165) is 19.1 Å². The fraction of sp³-hybridized carbons (Fsp3) is 0.375. The van der Waals surface area contributed by atoms with Crippen molar-refractivity contribution < 1.29 is 0 Å². The molecule has 0 spiro atoms. The molecule has 1 heterocycles. The first-order chi connectivity index (χ1) is 9.76. The minimum atomic E-state index is 0.597. The summed E-state index contributed by atoms with van der Waals surface area (Å²) in [7, 11) is 0. The van der Waals surface area contributed by atoms with E-state index in [1.54, 1.807) is 11.3 Å². The Hall–Kier alpha value is -0.680. The predicted octanol–water partition coefficient (Wildman–Crippen LogP) is 4.13. The number of halogens is 1. The lowest BCUT2D eigenvalue weighted by atomic mass is 10.1. The van der Waals surface area contributed by atoms with E-state index in [4.69, 9.17) is 5.73 Å². The molecular weight excluding hydrogens is 332 g/mol. The monoisotopic (exact) mass is 350 g/mol. The summed E-state index contributed by atoms with van der Waals surface area (Å²) >= 11 is 5.46. The molecule has 2 N–H and O–H groups in total. The molecule has 1 aromatic carbocycles. The van der Waals surface area contributed by atoms with E-state index in [9.17, 15) is 0 Å². The van der Waals surface area contributed by atoms with E-state index in [-0.39, 0.29) is 0 Å². The third kappa shape index (κ3) is 3.50. The zero-order chi connectivity index (χ0) is 13.9. The van der Waals surface area contributed by atoms with Gasteiger partial charge in [0.15, 0.2) is 0 Å². The Morgan fingerprint density at radius 2 is 2.05 bits per heavy atom. The Balaban J connectivity index is 1.73. The fourth-order valence-electron chi connectivity index (χ4n) is 2.44. The van der Waals surface area contributed by atoms with Gasteiger partial charge in [-0.3, -0.25) is 4.90 Å². The summed E-state index contributed by atoms with van der Waals surface area (Å²) in [5.74, 6) is 0. The zero-order valence-corrected chi connectivity index (χ0v) is 13.8. The van der Waals surface area contributed by atoms with Crippen LogP contribution in [0.4, 0.5) is 0 Å². The molecule has 4 heteroatoms. The molecule has 1 aromatic heterocycles. The molecule has 0 bridgehead atoms. The Morgan fingerprint density at radius 1 is 1.20 bits per heavy atom. The number of hydrogen-bond acceptors (Lipinski definition) is 3. The second-order valence-corrected chi connectivity index (χ2v) is 7.03. The number of benzene rings is 1. The van der Waals surface area contributed by atoms with Crippen molar-refractivity contribution in [2.24, 2.45) is 5.73 Å². The molecule has 0 amide bonds. The van der Waals surface area contributed by atoms with E-state index in [2.05, 4.69) is 55.9 Å². The van der Waals surface area contributed by atoms with Crippen molar-refractivity contribution in [3.8, 4) is 0 Å². The highest BCUT2D eigenvalue weighted by Gasteiger charge is 2.29. The standard InChI is InChI=1S/C16H19BrN2S/c17-16-7-12(8-18)1-2-14(16)10-19(15-3-4-15)9-13-5-6-20-11-13/h1-2,5-7,11,15H,3-4,8-10,18H2. The Morgan fingerprint density at radius 3 is 2.65 bits per heavy atom. The van der Waals surface area contributed by atoms with E-state index >= 15 is 0 Å². The first-order valence-corrected chi connectivity index (χ1v) is 8.72. The van der Waals surface area contributed by atoms with Crippen molar-refractivity contribution in [2.45, 2.75) is 38.5 Å². The number of thiophene rings is 1. The van der Waals surface area contributed by atoms with E-state index in [1.807, 2.05) is 0 Å². The third-order valence-corrected chi connectivity index (χ3v) is 5.23. The van der Waals surface area contributed by atoms with Gasteiger partial charge in [0.1, 0.15) is 0 Å². The maximum Gasteiger partial charge on any atom is 0.0251 e. The second-order valence-electron chi connectivity index (χ2n) is 5.40. The maximum absolute atomic E-state index is 5.69. The van der Waals surface area contributed by atoms with Crippen LogP contribution in [0, 0.1) is 0 Å². The molecule has 106 valence electrons. The van der Waals surface area contributed by atoms with Crippen molar-refractivity contribution in [1.82, 2.24) is 4.90 Å². The molecule has 20 heavy (non-hydrogen) atoms. The SMILES string of the molecule is NCc1ccc(CN(Cc2ccsc2)C2CC2)c(Br)c1. The van der Waals surface area contributed by atoms with Gasteiger partial charge >= 0.3 is 0 Å². The molecule has 1 aliphatic rings. The summed E-state index contributed by atoms with van der Waals surface area (Å²) in [6, 6.07) is 9.47. The zero-order valence-electron chi connectivity index (χ0n) is 11.4. The lowest BCUT2D eigenvalue weighted by molar-refractivity contribution is 0.245. The van der Waals surface area contributed by atoms with Crippen LogP contribution >= 0.6 is 27.3 Å².